The predicted octanol–water partition coefficient (Wildman–Crippen LogP) is 1.44. The normalized spacial score (nSPS) is 17.6. The highest BCUT2D eigenvalue weighted by Crippen LogP contribution is 2.33. The molecule has 2 N–H and O–H groups in total. The SMILES string of the molecule is CC(CC1CC1)NS(=O)(=O)c1ccc(C(=O)O)o1. The summed E-state index contributed by atoms with van der Waals surface area (Å²) in [6.45, 7) is 1.79. The fraction of sp³-hybridized carbons (Fsp3) is 0.545. The van der Waals surface area contributed by atoms with Crippen molar-refractivity contribution in [3.8, 4) is 0 Å². The highest BCUT2D eigenvalue weighted by Gasteiger charge is 2.27. The van der Waals surface area contributed by atoms with Crippen LogP contribution in [0.4, 0.5) is 0 Å². The third kappa shape index (κ3) is 3.11. The minimum absolute atomic E-state index is 0.180. The van der Waals surface area contributed by atoms with Gasteiger partial charge in [-0.1, -0.05) is 12.8 Å². The first-order chi connectivity index (χ1) is 8.38. The standard InChI is InChI=1S/C11H15NO5S/c1-7(6-8-2-3-8)12-18(15,16)10-5-4-9(17-10)11(13)14/h4-5,7-8,12H,2-3,6H2,1H3,(H,13,14). The Morgan fingerprint density at radius 1 is 1.56 bits per heavy atom. The highest BCUT2D eigenvalue weighted by molar-refractivity contribution is 7.89. The summed E-state index contributed by atoms with van der Waals surface area (Å²) in [6.07, 6.45) is 3.09. The van der Waals surface area contributed by atoms with E-state index in [9.17, 15) is 13.2 Å². The van der Waals surface area contributed by atoms with Crippen LogP contribution in [-0.4, -0.2) is 25.5 Å². The van der Waals surface area contributed by atoms with Gasteiger partial charge in [0.05, 0.1) is 0 Å². The van der Waals surface area contributed by atoms with Crippen molar-refractivity contribution in [2.75, 3.05) is 0 Å². The predicted molar refractivity (Wildman–Crippen MR) is 62.8 cm³/mol. The van der Waals surface area contributed by atoms with Crippen molar-refractivity contribution in [2.45, 2.75) is 37.3 Å². The maximum Gasteiger partial charge on any atom is 0.371 e. The molecule has 6 nitrogen and oxygen atoms in total. The molecule has 1 saturated carbocycles. The van der Waals surface area contributed by atoms with Gasteiger partial charge >= 0.3 is 5.97 Å². The zero-order chi connectivity index (χ0) is 13.3. The van der Waals surface area contributed by atoms with Crippen molar-refractivity contribution in [1.82, 2.24) is 4.72 Å². The van der Waals surface area contributed by atoms with Crippen LogP contribution in [0.15, 0.2) is 21.6 Å². The van der Waals surface area contributed by atoms with Crippen LogP contribution in [0.2, 0.25) is 0 Å². The summed E-state index contributed by atoms with van der Waals surface area (Å²) in [5.41, 5.74) is 0. The number of aromatic carboxylic acids is 1. The number of hydrogen-bond acceptors (Lipinski definition) is 4. The average molecular weight is 273 g/mol. The Hall–Kier alpha value is -1.34. The van der Waals surface area contributed by atoms with E-state index in [1.54, 1.807) is 6.92 Å². The van der Waals surface area contributed by atoms with Gasteiger partial charge in [0.1, 0.15) is 0 Å². The van der Waals surface area contributed by atoms with Crippen LogP contribution < -0.4 is 4.72 Å². The van der Waals surface area contributed by atoms with Crippen molar-refractivity contribution >= 4 is 16.0 Å². The molecular weight excluding hydrogens is 258 g/mol. The van der Waals surface area contributed by atoms with E-state index in [0.717, 1.165) is 31.4 Å². The first-order valence-corrected chi connectivity index (χ1v) is 7.22. The van der Waals surface area contributed by atoms with E-state index in [2.05, 4.69) is 4.72 Å². The second kappa shape index (κ2) is 4.74. The summed E-state index contributed by atoms with van der Waals surface area (Å²) < 4.78 is 31.0. The molecule has 1 aromatic heterocycles. The van der Waals surface area contributed by atoms with Crippen molar-refractivity contribution < 1.29 is 22.7 Å². The molecule has 0 spiro atoms. The van der Waals surface area contributed by atoms with Gasteiger partial charge in [-0.3, -0.25) is 0 Å². The number of sulfonamides is 1. The summed E-state index contributed by atoms with van der Waals surface area (Å²) in [4.78, 5) is 10.6. The van der Waals surface area contributed by atoms with E-state index >= 15 is 0 Å². The van der Waals surface area contributed by atoms with Crippen LogP contribution in [0, 0.1) is 5.92 Å². The van der Waals surface area contributed by atoms with Crippen LogP contribution in [0.25, 0.3) is 0 Å². The summed E-state index contributed by atoms with van der Waals surface area (Å²) in [7, 11) is -3.77. The summed E-state index contributed by atoms with van der Waals surface area (Å²) in [5, 5.41) is 8.31. The van der Waals surface area contributed by atoms with E-state index in [4.69, 9.17) is 9.52 Å². The highest BCUT2D eigenvalue weighted by atomic mass is 32.2. The molecule has 1 fully saturated rings. The van der Waals surface area contributed by atoms with Crippen LogP contribution >= 0.6 is 0 Å². The smallest absolute Gasteiger partial charge is 0.371 e. The van der Waals surface area contributed by atoms with Crippen molar-refractivity contribution in [3.05, 3.63) is 17.9 Å². The van der Waals surface area contributed by atoms with Crippen LogP contribution in [-0.2, 0) is 10.0 Å². The molecule has 0 radical (unpaired) electrons. The number of rotatable bonds is 6. The topological polar surface area (TPSA) is 96.6 Å². The number of carbonyl (C=O) groups is 1. The van der Waals surface area contributed by atoms with Gasteiger partial charge in [-0.2, -0.15) is 0 Å². The molecule has 1 aliphatic rings. The summed E-state index contributed by atoms with van der Waals surface area (Å²) >= 11 is 0. The lowest BCUT2D eigenvalue weighted by atomic mass is 10.2. The maximum absolute atomic E-state index is 11.9. The van der Waals surface area contributed by atoms with Crippen LogP contribution in [0.3, 0.4) is 0 Å². The minimum Gasteiger partial charge on any atom is -0.475 e. The number of hydrogen-bond donors (Lipinski definition) is 2. The second-order valence-corrected chi connectivity index (χ2v) is 6.27. The Balaban J connectivity index is 2.06. The molecule has 1 atom stereocenters. The molecule has 1 unspecified atom stereocenters. The van der Waals surface area contributed by atoms with Gasteiger partial charge in [-0.25, -0.2) is 17.9 Å². The third-order valence-corrected chi connectivity index (χ3v) is 4.26. The molecule has 100 valence electrons. The molecule has 7 heteroatoms. The molecule has 0 aromatic carbocycles. The monoisotopic (exact) mass is 273 g/mol. The fourth-order valence-corrected chi connectivity index (χ4v) is 2.99. The Morgan fingerprint density at radius 2 is 2.22 bits per heavy atom. The third-order valence-electron chi connectivity index (χ3n) is 2.80. The van der Waals surface area contributed by atoms with E-state index in [0.29, 0.717) is 5.92 Å². The van der Waals surface area contributed by atoms with Gasteiger partial charge < -0.3 is 9.52 Å². The summed E-state index contributed by atoms with van der Waals surface area (Å²) in [6, 6.07) is 2.10. The molecular formula is C11H15NO5S. The quantitative estimate of drug-likeness (QED) is 0.817. The Morgan fingerprint density at radius 3 is 2.72 bits per heavy atom. The average Bonchev–Trinajstić information content (AvgIpc) is 2.91. The first-order valence-electron chi connectivity index (χ1n) is 5.74. The van der Waals surface area contributed by atoms with E-state index in [1.807, 2.05) is 0 Å². The fourth-order valence-electron chi connectivity index (χ4n) is 1.80. The van der Waals surface area contributed by atoms with E-state index in [1.165, 1.54) is 0 Å². The maximum atomic E-state index is 11.9. The molecule has 0 aliphatic heterocycles. The zero-order valence-corrected chi connectivity index (χ0v) is 10.7. The zero-order valence-electron chi connectivity index (χ0n) is 9.92. The van der Waals surface area contributed by atoms with Gasteiger partial charge in [0.2, 0.25) is 10.9 Å². The van der Waals surface area contributed by atoms with E-state index < -0.39 is 16.0 Å². The Labute approximate surface area is 105 Å². The van der Waals surface area contributed by atoms with Gasteiger partial charge in [-0.15, -0.1) is 0 Å². The molecule has 0 saturated heterocycles. The molecule has 1 heterocycles. The van der Waals surface area contributed by atoms with Gasteiger partial charge in [0.25, 0.3) is 10.0 Å². The summed E-state index contributed by atoms with van der Waals surface area (Å²) in [5.74, 6) is -1.07. The molecule has 1 aromatic rings. The lowest BCUT2D eigenvalue weighted by molar-refractivity contribution is 0.0656. The minimum atomic E-state index is -3.77. The lowest BCUT2D eigenvalue weighted by Crippen LogP contribution is -2.32. The van der Waals surface area contributed by atoms with Crippen molar-refractivity contribution in [3.63, 3.8) is 0 Å². The van der Waals surface area contributed by atoms with Gasteiger partial charge in [0, 0.05) is 6.04 Å². The number of furan rings is 1. The molecule has 1 aliphatic carbocycles. The largest absolute Gasteiger partial charge is 0.475 e. The molecule has 2 rings (SSSR count). The van der Waals surface area contributed by atoms with Gasteiger partial charge in [-0.05, 0) is 31.4 Å². The second-order valence-electron chi connectivity index (χ2n) is 4.63. The number of carboxylic acids is 1. The first kappa shape index (κ1) is 13.1. The van der Waals surface area contributed by atoms with Crippen molar-refractivity contribution in [2.24, 2.45) is 5.92 Å². The van der Waals surface area contributed by atoms with E-state index in [-0.39, 0.29) is 16.9 Å². The Bertz CT molecular complexity index is 544. The molecule has 0 amide bonds. The number of carboxylic acid groups (broad SMARTS) is 1. The van der Waals surface area contributed by atoms with Crippen molar-refractivity contribution in [1.29, 1.82) is 0 Å². The lowest BCUT2D eigenvalue weighted by Gasteiger charge is -2.11. The molecule has 18 heavy (non-hydrogen) atoms. The molecule has 0 bridgehead atoms. The van der Waals surface area contributed by atoms with Gasteiger partial charge in [0.15, 0.2) is 0 Å². The van der Waals surface area contributed by atoms with Crippen LogP contribution in [0.1, 0.15) is 36.7 Å². The Kier molecular flexibility index (Phi) is 3.45. The number of nitrogens with one attached hydrogen (secondary N) is 1. The van der Waals surface area contributed by atoms with Crippen LogP contribution in [0.5, 0.6) is 0 Å².